The van der Waals surface area contributed by atoms with Crippen LogP contribution >= 0.6 is 0 Å². The summed E-state index contributed by atoms with van der Waals surface area (Å²) in [5.41, 5.74) is 12.1. The van der Waals surface area contributed by atoms with Gasteiger partial charge in [0.25, 0.3) is 0 Å². The van der Waals surface area contributed by atoms with Crippen LogP contribution in [0.5, 0.6) is 11.5 Å². The van der Waals surface area contributed by atoms with Crippen LogP contribution in [0.15, 0.2) is 146 Å². The number of benzene rings is 7. The molecule has 6 nitrogen and oxygen atoms in total. The quantitative estimate of drug-likeness (QED) is 0.178. The van der Waals surface area contributed by atoms with E-state index in [0.29, 0.717) is 0 Å². The van der Waals surface area contributed by atoms with E-state index in [2.05, 4.69) is 143 Å². The van der Waals surface area contributed by atoms with Gasteiger partial charge in [-0.15, -0.1) is 0 Å². The number of methoxy groups -OCH3 is 2. The molecule has 0 fully saturated rings. The van der Waals surface area contributed by atoms with Crippen molar-refractivity contribution in [3.8, 4) is 45.1 Å². The number of hydrogen-bond acceptors (Lipinski definition) is 4. The molecule has 6 heteroatoms. The Morgan fingerprint density at radius 1 is 0.411 bits per heavy atom. The van der Waals surface area contributed by atoms with Crippen LogP contribution in [-0.2, 0) is 0 Å². The Hall–Kier alpha value is -7.44. The van der Waals surface area contributed by atoms with Crippen molar-refractivity contribution in [2.45, 2.75) is 0 Å². The maximum absolute atomic E-state index is 5.88. The van der Waals surface area contributed by atoms with E-state index in [0.717, 1.165) is 132 Å². The molecule has 0 unspecified atom stereocenters. The first-order chi connectivity index (χ1) is 27.6. The topological polar surface area (TPSA) is 75.8 Å². The molecule has 12 rings (SSSR count). The Balaban J connectivity index is 1.37. The first-order valence-corrected chi connectivity index (χ1v) is 18.8. The molecular weight excluding hydrogens is 689 g/mol. The lowest BCUT2D eigenvalue weighted by Gasteiger charge is -2.12. The van der Waals surface area contributed by atoms with E-state index in [-0.39, 0.29) is 0 Å². The third-order valence-electron chi connectivity index (χ3n) is 11.6. The molecule has 7 aromatic carbocycles. The van der Waals surface area contributed by atoms with Gasteiger partial charge in [0, 0.05) is 65.4 Å². The Labute approximate surface area is 320 Å². The molecule has 56 heavy (non-hydrogen) atoms. The van der Waals surface area contributed by atoms with E-state index in [9.17, 15) is 0 Å². The van der Waals surface area contributed by atoms with Crippen LogP contribution in [0, 0.1) is 0 Å². The van der Waals surface area contributed by atoms with Crippen LogP contribution in [0.3, 0.4) is 0 Å². The zero-order valence-corrected chi connectivity index (χ0v) is 30.6. The number of nitrogens with zero attached hydrogens (tertiary/aromatic N) is 2. The number of aromatic nitrogens is 4. The molecule has 0 saturated carbocycles. The minimum absolute atomic E-state index is 0.799. The van der Waals surface area contributed by atoms with Crippen LogP contribution in [0.25, 0.3) is 121 Å². The van der Waals surface area contributed by atoms with Gasteiger partial charge in [-0.1, -0.05) is 84.9 Å². The molecule has 0 amide bonds. The molecule has 0 saturated heterocycles. The highest BCUT2D eigenvalue weighted by Gasteiger charge is 2.22. The van der Waals surface area contributed by atoms with Crippen LogP contribution in [-0.4, -0.2) is 34.2 Å². The van der Waals surface area contributed by atoms with E-state index >= 15 is 0 Å². The van der Waals surface area contributed by atoms with E-state index in [1.807, 2.05) is 12.1 Å². The fourth-order valence-corrected chi connectivity index (χ4v) is 9.07. The van der Waals surface area contributed by atoms with Crippen LogP contribution in [0.1, 0.15) is 0 Å². The molecule has 264 valence electrons. The summed E-state index contributed by atoms with van der Waals surface area (Å²) in [6.45, 7) is 0. The Kier molecular flexibility index (Phi) is 6.38. The van der Waals surface area contributed by atoms with Crippen molar-refractivity contribution >= 4 is 87.0 Å². The summed E-state index contributed by atoms with van der Waals surface area (Å²) in [5.74, 6) is 1.61. The molecule has 2 N–H and O–H groups in total. The van der Waals surface area contributed by atoms with Gasteiger partial charge in [0.05, 0.1) is 42.2 Å². The van der Waals surface area contributed by atoms with Gasteiger partial charge in [0.1, 0.15) is 11.5 Å². The highest BCUT2D eigenvalue weighted by molar-refractivity contribution is 6.36. The predicted octanol–water partition coefficient (Wildman–Crippen LogP) is 12.8. The van der Waals surface area contributed by atoms with Crippen molar-refractivity contribution in [3.63, 3.8) is 0 Å². The summed E-state index contributed by atoms with van der Waals surface area (Å²) >= 11 is 0. The Bertz CT molecular complexity index is 3580. The molecule has 0 radical (unpaired) electrons. The fourth-order valence-electron chi connectivity index (χ4n) is 9.07. The van der Waals surface area contributed by atoms with Gasteiger partial charge in [-0.3, -0.25) is 0 Å². The summed E-state index contributed by atoms with van der Waals surface area (Å²) in [4.78, 5) is 18.7. The first kappa shape index (κ1) is 31.0. The van der Waals surface area contributed by atoms with Gasteiger partial charge < -0.3 is 19.4 Å². The fraction of sp³-hybridized carbons (Fsp3) is 0.0400. The summed E-state index contributed by atoms with van der Waals surface area (Å²) in [7, 11) is 3.44. The average molecular weight is 721 g/mol. The summed E-state index contributed by atoms with van der Waals surface area (Å²) in [6.07, 6.45) is 0. The molecule has 0 aliphatic carbocycles. The van der Waals surface area contributed by atoms with Crippen molar-refractivity contribution in [2.75, 3.05) is 14.2 Å². The molecule has 1 aliphatic rings. The number of nitrogens with one attached hydrogen (secondary N) is 2. The average Bonchev–Trinajstić information content (AvgIpc) is 4.00. The summed E-state index contributed by atoms with van der Waals surface area (Å²) in [6, 6.07) is 51.6. The maximum Gasteiger partial charge on any atom is 0.119 e. The van der Waals surface area contributed by atoms with Crippen LogP contribution < -0.4 is 9.47 Å². The maximum atomic E-state index is 5.88. The van der Waals surface area contributed by atoms with Gasteiger partial charge in [-0.2, -0.15) is 0 Å². The monoisotopic (exact) mass is 720 g/mol. The van der Waals surface area contributed by atoms with Gasteiger partial charge >= 0.3 is 0 Å². The van der Waals surface area contributed by atoms with Crippen LogP contribution in [0.2, 0.25) is 0 Å². The molecule has 4 aromatic heterocycles. The minimum Gasteiger partial charge on any atom is -0.497 e. The van der Waals surface area contributed by atoms with Crippen molar-refractivity contribution in [3.05, 3.63) is 146 Å². The van der Waals surface area contributed by atoms with Crippen molar-refractivity contribution < 1.29 is 9.47 Å². The van der Waals surface area contributed by atoms with Gasteiger partial charge in [0.15, 0.2) is 0 Å². The SMILES string of the molecule is COc1cccc(-c2cc3c4cc5[nH]c(cc6nc(cc7[nH]c(c8ccccc78)c7c8ccc(OC)cc8c(c2)c3c7n4)-c2ccccc2-6)c2ccccc52)c1. The van der Waals surface area contributed by atoms with E-state index in [4.69, 9.17) is 19.4 Å². The second-order valence-electron chi connectivity index (χ2n) is 14.6. The van der Waals surface area contributed by atoms with E-state index < -0.39 is 0 Å². The minimum atomic E-state index is 0.799. The standard InChI is InChI=1S/C50H32N4O2/c1-55-29-11-9-10-27(20-29)28-21-39-38-23-30(56-2)18-19-36(38)48-49-37-17-8-7-16-35(37)45(53-49)25-43-33-14-5-3-12-31(33)41(51-43)24-42-32-13-4-6-15-34(32)44(52-42)26-46-40(22-28)47(39)50(48)54-46/h3-26,52-53H,1-2H3. The summed E-state index contributed by atoms with van der Waals surface area (Å²) < 4.78 is 11.6. The van der Waals surface area contributed by atoms with Crippen LogP contribution in [0.4, 0.5) is 0 Å². The normalized spacial score (nSPS) is 12.1. The predicted molar refractivity (Wildman–Crippen MR) is 231 cm³/mol. The molecule has 0 atom stereocenters. The highest BCUT2D eigenvalue weighted by atomic mass is 16.5. The largest absolute Gasteiger partial charge is 0.497 e. The molecule has 5 heterocycles. The highest BCUT2D eigenvalue weighted by Crippen LogP contribution is 2.46. The molecule has 1 aliphatic heterocycles. The smallest absolute Gasteiger partial charge is 0.119 e. The van der Waals surface area contributed by atoms with Gasteiger partial charge in [-0.05, 0) is 87.9 Å². The third-order valence-corrected chi connectivity index (χ3v) is 11.6. The lowest BCUT2D eigenvalue weighted by Crippen LogP contribution is -1.88. The number of ether oxygens (including phenoxy) is 2. The van der Waals surface area contributed by atoms with Crippen molar-refractivity contribution in [1.29, 1.82) is 0 Å². The van der Waals surface area contributed by atoms with Gasteiger partial charge in [0.2, 0.25) is 0 Å². The molecule has 11 aromatic rings. The number of fused-ring (bicyclic) bond motifs is 21. The number of H-pyrrole nitrogens is 2. The Morgan fingerprint density at radius 3 is 1.77 bits per heavy atom. The van der Waals surface area contributed by atoms with Gasteiger partial charge in [-0.25, -0.2) is 9.97 Å². The second-order valence-corrected chi connectivity index (χ2v) is 14.6. The zero-order chi connectivity index (χ0) is 37.1. The molecular formula is C50H32N4O2. The first-order valence-electron chi connectivity index (χ1n) is 18.8. The second kappa shape index (κ2) is 11.5. The van der Waals surface area contributed by atoms with E-state index in [1.165, 1.54) is 0 Å². The number of rotatable bonds is 3. The zero-order valence-electron chi connectivity index (χ0n) is 30.6. The summed E-state index contributed by atoms with van der Waals surface area (Å²) in [5, 5.41) is 11.1. The van der Waals surface area contributed by atoms with Crippen molar-refractivity contribution in [1.82, 2.24) is 19.9 Å². The lowest BCUT2D eigenvalue weighted by atomic mass is 9.92. The van der Waals surface area contributed by atoms with E-state index in [1.54, 1.807) is 14.2 Å². The molecule has 0 spiro atoms. The molecule has 8 bridgehead atoms. The third kappa shape index (κ3) is 4.38. The van der Waals surface area contributed by atoms with Crippen molar-refractivity contribution in [2.24, 2.45) is 0 Å². The number of aromatic amines is 2. The number of hydrogen-bond donors (Lipinski definition) is 2. The Morgan fingerprint density at radius 2 is 1.04 bits per heavy atom. The lowest BCUT2D eigenvalue weighted by molar-refractivity contribution is 0.415.